The smallest absolute Gasteiger partial charge is 0.312 e. The number of urea groups is 1. The fourth-order valence-corrected chi connectivity index (χ4v) is 8.60. The third-order valence-electron chi connectivity index (χ3n) is 12.1. The van der Waals surface area contributed by atoms with Crippen LogP contribution in [0.15, 0.2) is 60.7 Å². The van der Waals surface area contributed by atoms with Crippen molar-refractivity contribution in [3.63, 3.8) is 0 Å². The number of aliphatic hydroxyl groups excluding tert-OH is 2. The average Bonchev–Trinajstić information content (AvgIpc) is 4.00. The molecule has 2 aliphatic carbocycles. The molecule has 16 heteroatoms. The lowest BCUT2D eigenvalue weighted by molar-refractivity contribution is -0.144. The molecule has 3 aromatic rings. The maximum atomic E-state index is 14.3. The predicted molar refractivity (Wildman–Crippen MR) is 232 cm³/mol. The Hall–Kier alpha value is -6.82. The van der Waals surface area contributed by atoms with Crippen LogP contribution < -0.4 is 27.4 Å². The van der Waals surface area contributed by atoms with Gasteiger partial charge in [0.05, 0.1) is 35.0 Å². The van der Waals surface area contributed by atoms with Crippen molar-refractivity contribution in [2.45, 2.75) is 101 Å². The van der Waals surface area contributed by atoms with E-state index in [0.29, 0.717) is 23.1 Å². The molecule has 64 heavy (non-hydrogen) atoms. The Morgan fingerprint density at radius 1 is 0.938 bits per heavy atom. The number of benzene rings is 3. The number of aryl methyl sites for hydroxylation is 1. The first-order chi connectivity index (χ1) is 30.5. The number of ether oxygens (including phenoxy) is 2. The van der Waals surface area contributed by atoms with Gasteiger partial charge < -0.3 is 52.2 Å². The molecule has 0 radical (unpaired) electrons. The standard InChI is InChI=1S/C48H49N5O11/c1-25(2)41(49)45(61)52-33(9-8-20-51-46(50)62)34(55)22-28-12-14-29(15-13-28)24-63-38(58)19-17-27-16-18-30-31(21-27)44(60)39-35(56)23-32-42(40(39)43(30)59)53-36-10-6-4-5-7-11-37(57)48(32)47(36,64-48)26(3)54/h4-5,12-16,18,21,23,25-26,33,36-37,41,53-54,56-57H,8-9,17,19-20,22,24,49H2,1-3H3,(H,52,61)(H3,50,51,62)/b5-4-/t26-,33+,36+,37-,41+,47+,48+/m1/s1. The summed E-state index contributed by atoms with van der Waals surface area (Å²) >= 11 is 0. The van der Waals surface area contributed by atoms with Crippen molar-refractivity contribution in [3.8, 4) is 29.4 Å². The van der Waals surface area contributed by atoms with Crippen LogP contribution in [0.1, 0.15) is 94.1 Å². The predicted octanol–water partition coefficient (Wildman–Crippen LogP) is 1.95. The number of aliphatic hydroxyl groups is 2. The molecule has 0 spiro atoms. The van der Waals surface area contributed by atoms with Crippen LogP contribution in [-0.4, -0.2) is 93.1 Å². The van der Waals surface area contributed by atoms with Gasteiger partial charge >= 0.3 is 12.0 Å². The number of phenols is 1. The molecule has 4 aliphatic rings. The highest BCUT2D eigenvalue weighted by molar-refractivity contribution is 6.31. The van der Waals surface area contributed by atoms with E-state index >= 15 is 0 Å². The minimum absolute atomic E-state index is 0.0119. The lowest BCUT2D eigenvalue weighted by atomic mass is 9.69. The number of nitrogens with one attached hydrogen (secondary N) is 3. The maximum Gasteiger partial charge on any atom is 0.312 e. The van der Waals surface area contributed by atoms with Gasteiger partial charge in [0.1, 0.15) is 18.4 Å². The largest absolute Gasteiger partial charge is 0.507 e. The number of epoxide rings is 1. The molecule has 2 aliphatic heterocycles. The Morgan fingerprint density at radius 2 is 1.61 bits per heavy atom. The van der Waals surface area contributed by atoms with Crippen LogP contribution in [0.4, 0.5) is 10.5 Å². The molecule has 0 aromatic heterocycles. The van der Waals surface area contributed by atoms with Crippen LogP contribution in [0.5, 0.6) is 5.75 Å². The second kappa shape index (κ2) is 18.1. The van der Waals surface area contributed by atoms with Crippen LogP contribution in [0.25, 0.3) is 0 Å². The molecule has 0 saturated carbocycles. The van der Waals surface area contributed by atoms with Gasteiger partial charge in [0, 0.05) is 36.1 Å². The van der Waals surface area contributed by atoms with Gasteiger partial charge in [-0.3, -0.25) is 24.0 Å². The first-order valence-electron chi connectivity index (χ1n) is 21.0. The van der Waals surface area contributed by atoms with E-state index in [9.17, 15) is 44.1 Å². The van der Waals surface area contributed by atoms with Crippen LogP contribution in [0.2, 0.25) is 0 Å². The maximum absolute atomic E-state index is 14.3. The molecule has 3 aromatic carbocycles. The summed E-state index contributed by atoms with van der Waals surface area (Å²) in [6, 6.07) is 9.53. The molecule has 16 nitrogen and oxygen atoms in total. The lowest BCUT2D eigenvalue weighted by Crippen LogP contribution is -2.54. The number of allylic oxidation sites excluding steroid dienone is 2. The van der Waals surface area contributed by atoms with E-state index < -0.39 is 76.8 Å². The first kappa shape index (κ1) is 45.2. The number of carbonyl (C=O) groups is 6. The van der Waals surface area contributed by atoms with E-state index in [-0.39, 0.29) is 84.0 Å². The van der Waals surface area contributed by atoms with Gasteiger partial charge in [-0.2, -0.15) is 0 Å². The summed E-state index contributed by atoms with van der Waals surface area (Å²) in [7, 11) is 0. The summed E-state index contributed by atoms with van der Waals surface area (Å²) in [6.45, 7) is 5.28. The summed E-state index contributed by atoms with van der Waals surface area (Å²) in [5.41, 5.74) is 9.90. The number of phenolic OH excluding ortho intramolecular Hbond substituents is 1. The number of esters is 1. The van der Waals surface area contributed by atoms with Crippen molar-refractivity contribution < 1.29 is 53.6 Å². The van der Waals surface area contributed by atoms with Crippen molar-refractivity contribution in [3.05, 3.63) is 105 Å². The molecule has 0 unspecified atom stereocenters. The van der Waals surface area contributed by atoms with E-state index in [2.05, 4.69) is 39.6 Å². The van der Waals surface area contributed by atoms with Gasteiger partial charge in [-0.15, -0.1) is 0 Å². The fraction of sp³-hybridized carbons (Fsp3) is 0.375. The number of carbonyl (C=O) groups excluding carboxylic acids is 6. The topological polar surface area (TPSA) is 273 Å². The number of nitrogens with two attached hydrogens (primary N) is 2. The van der Waals surface area contributed by atoms with E-state index in [1.165, 1.54) is 37.3 Å². The summed E-state index contributed by atoms with van der Waals surface area (Å²) in [5, 5.41) is 42.2. The number of anilines is 1. The first-order valence-corrected chi connectivity index (χ1v) is 21.0. The third-order valence-corrected chi connectivity index (χ3v) is 12.1. The van der Waals surface area contributed by atoms with Crippen molar-refractivity contribution in [2.24, 2.45) is 17.4 Å². The molecule has 332 valence electrons. The molecule has 2 heterocycles. The molecule has 10 N–H and O–H groups in total. The van der Waals surface area contributed by atoms with Crippen molar-refractivity contribution in [1.82, 2.24) is 10.6 Å². The Labute approximate surface area is 369 Å². The molecule has 1 saturated heterocycles. The summed E-state index contributed by atoms with van der Waals surface area (Å²) < 4.78 is 11.7. The normalized spacial score (nSPS) is 22.7. The number of ketones is 3. The Kier molecular flexibility index (Phi) is 12.8. The van der Waals surface area contributed by atoms with Gasteiger partial charge in [-0.1, -0.05) is 73.9 Å². The highest BCUT2D eigenvalue weighted by Crippen LogP contribution is 2.67. The van der Waals surface area contributed by atoms with Gasteiger partial charge in [-0.25, -0.2) is 4.79 Å². The number of hydrogen-bond donors (Lipinski definition) is 8. The quantitative estimate of drug-likeness (QED) is 0.0263. The number of Topliss-reactive ketones (excluding diaryl/α,β-unsaturated/α-hetero) is 1. The third kappa shape index (κ3) is 8.36. The van der Waals surface area contributed by atoms with Crippen molar-refractivity contribution in [1.29, 1.82) is 0 Å². The number of primary amides is 1. The monoisotopic (exact) mass is 871 g/mol. The number of aromatic hydroxyl groups is 1. The number of fused-ring (bicyclic) bond motifs is 4. The average molecular weight is 872 g/mol. The van der Waals surface area contributed by atoms with E-state index in [1.54, 1.807) is 44.2 Å². The van der Waals surface area contributed by atoms with Crippen molar-refractivity contribution in [2.75, 3.05) is 11.9 Å². The number of amides is 3. The van der Waals surface area contributed by atoms with Crippen molar-refractivity contribution >= 4 is 40.9 Å². The van der Waals surface area contributed by atoms with Gasteiger partial charge in [0.15, 0.2) is 34.7 Å². The Bertz CT molecular complexity index is 2600. The molecule has 3 amide bonds. The number of hydrogen-bond acceptors (Lipinski definition) is 13. The van der Waals surface area contributed by atoms with E-state index in [4.69, 9.17) is 20.9 Å². The number of rotatable bonds is 16. The summed E-state index contributed by atoms with van der Waals surface area (Å²) in [4.78, 5) is 78.3. The second-order valence-electron chi connectivity index (χ2n) is 16.7. The van der Waals surface area contributed by atoms with Crippen LogP contribution >= 0.6 is 0 Å². The zero-order valence-corrected chi connectivity index (χ0v) is 35.4. The van der Waals surface area contributed by atoms with Gasteiger partial charge in [-0.05, 0) is 73.1 Å². The lowest BCUT2D eigenvalue weighted by Gasteiger charge is -2.37. The van der Waals surface area contributed by atoms with E-state index in [1.807, 2.05) is 0 Å². The highest BCUT2D eigenvalue weighted by Gasteiger charge is 2.82. The zero-order chi connectivity index (χ0) is 46.1. The Balaban J connectivity index is 0.989. The minimum Gasteiger partial charge on any atom is -0.507 e. The minimum atomic E-state index is -1.68. The van der Waals surface area contributed by atoms with Crippen LogP contribution in [0.3, 0.4) is 0 Å². The van der Waals surface area contributed by atoms with Crippen LogP contribution in [0, 0.1) is 29.6 Å². The molecule has 7 atom stereocenters. The molecular formula is C48H49N5O11. The second-order valence-corrected chi connectivity index (χ2v) is 16.7. The molecular weight excluding hydrogens is 823 g/mol. The zero-order valence-electron chi connectivity index (χ0n) is 35.4. The van der Waals surface area contributed by atoms with Gasteiger partial charge in [0.2, 0.25) is 5.91 Å². The SMILES string of the molecule is CC(C)[C@H](N)C(=O)N[C@@H](CCCNC(N)=O)C(=O)Cc1ccc(COC(=O)CCc2ccc3c(c2)C(=O)c2c(O)cc4c(c2C3=O)N[C@H]2C#C/C=C\C#C[C@@H](O)[C@@]43O[C@@]23[C@@H](C)O)cc1. The summed E-state index contributed by atoms with van der Waals surface area (Å²) in [5.74, 6) is 8.18. The van der Waals surface area contributed by atoms with Gasteiger partial charge in [0.25, 0.3) is 0 Å². The summed E-state index contributed by atoms with van der Waals surface area (Å²) in [6.07, 6.45) is 1.06. The fourth-order valence-electron chi connectivity index (χ4n) is 8.60. The Morgan fingerprint density at radius 3 is 2.30 bits per heavy atom. The van der Waals surface area contributed by atoms with Crippen LogP contribution in [-0.2, 0) is 48.9 Å². The molecule has 1 fully saturated rings. The highest BCUT2D eigenvalue weighted by atomic mass is 16.7. The molecule has 2 bridgehead atoms. The van der Waals surface area contributed by atoms with E-state index in [0.717, 1.165) is 0 Å². The molecule has 7 rings (SSSR count).